The summed E-state index contributed by atoms with van der Waals surface area (Å²) in [6, 6.07) is 7.28. The van der Waals surface area contributed by atoms with Crippen molar-refractivity contribution in [2.75, 3.05) is 13.7 Å². The SMILES string of the molecule is COc1ccccc1C(=O)O[C@H]1CC[C@@]2(C)[C@@H](CC[C@@H]3[C@@H]2CC(=O)[C@]2(C)[C@@H]4[C@H](C[C@@H]32)O[C@]2(CC[C@@H](C)CO2)[C@H]4C)C1. The van der Waals surface area contributed by atoms with Crippen LogP contribution in [0, 0.1) is 52.3 Å². The molecule has 6 heteroatoms. The molecule has 2 saturated heterocycles. The molecule has 6 aliphatic rings. The number of ketones is 1. The Balaban J connectivity index is 1.07. The number of carbonyl (C=O) groups is 2. The van der Waals surface area contributed by atoms with Gasteiger partial charge in [-0.05, 0) is 92.1 Å². The topological polar surface area (TPSA) is 71.1 Å². The van der Waals surface area contributed by atoms with Gasteiger partial charge >= 0.3 is 5.97 Å². The van der Waals surface area contributed by atoms with E-state index >= 15 is 0 Å². The Labute approximate surface area is 245 Å². The van der Waals surface area contributed by atoms with Crippen molar-refractivity contribution in [2.45, 2.75) is 103 Å². The van der Waals surface area contributed by atoms with Crippen LogP contribution < -0.4 is 4.74 Å². The van der Waals surface area contributed by atoms with Crippen molar-refractivity contribution in [3.8, 4) is 5.75 Å². The summed E-state index contributed by atoms with van der Waals surface area (Å²) in [5.41, 5.74) is 0.287. The molecular weight excluding hydrogens is 516 g/mol. The number of carbonyl (C=O) groups excluding carboxylic acids is 2. The molecule has 4 saturated carbocycles. The number of hydrogen-bond acceptors (Lipinski definition) is 6. The first kappa shape index (κ1) is 27.9. The molecule has 0 radical (unpaired) electrons. The second-order valence-electron chi connectivity index (χ2n) is 15.0. The Morgan fingerprint density at radius 2 is 1.80 bits per heavy atom. The van der Waals surface area contributed by atoms with Crippen LogP contribution >= 0.6 is 0 Å². The van der Waals surface area contributed by atoms with Crippen LogP contribution in [0.25, 0.3) is 0 Å². The summed E-state index contributed by atoms with van der Waals surface area (Å²) in [5, 5.41) is 0. The van der Waals surface area contributed by atoms with Crippen molar-refractivity contribution in [1.29, 1.82) is 0 Å². The molecule has 7 rings (SSSR count). The maximum atomic E-state index is 14.3. The van der Waals surface area contributed by atoms with Crippen molar-refractivity contribution in [2.24, 2.45) is 52.3 Å². The molecule has 6 fully saturated rings. The first-order valence-electron chi connectivity index (χ1n) is 16.3. The molecular formula is C35H48O6. The predicted octanol–water partition coefficient (Wildman–Crippen LogP) is 6.85. The lowest BCUT2D eigenvalue weighted by molar-refractivity contribution is -0.272. The lowest BCUT2D eigenvalue weighted by Crippen LogP contribution is -2.58. The monoisotopic (exact) mass is 564 g/mol. The highest BCUT2D eigenvalue weighted by molar-refractivity contribution is 5.92. The number of benzene rings is 1. The van der Waals surface area contributed by atoms with Gasteiger partial charge in [0.25, 0.3) is 0 Å². The third-order valence-electron chi connectivity index (χ3n) is 13.4. The zero-order valence-electron chi connectivity index (χ0n) is 25.5. The molecule has 1 aromatic carbocycles. The van der Waals surface area contributed by atoms with E-state index in [1.54, 1.807) is 19.2 Å². The zero-order valence-corrected chi connectivity index (χ0v) is 25.5. The molecule has 2 aliphatic heterocycles. The van der Waals surface area contributed by atoms with Gasteiger partial charge in [-0.2, -0.15) is 0 Å². The standard InChI is InChI=1S/C35H48O6/c1-20-12-15-35(39-19-20)21(2)31-29(41-35)17-27-24-11-10-22-16-23(40-32(37)25-8-6-7-9-28(25)38-5)13-14-33(22,3)26(24)18-30(36)34(27,31)4/h6-9,20-24,26-27,29,31H,10-19H2,1-5H3/t20-,21+,22+,23+,24-,26+,27+,29+,31+,33+,34-,35-/m1/s1. The van der Waals surface area contributed by atoms with Gasteiger partial charge in [0.1, 0.15) is 23.2 Å². The molecule has 224 valence electrons. The quantitative estimate of drug-likeness (QED) is 0.374. The zero-order chi connectivity index (χ0) is 28.7. The average Bonchev–Trinajstić information content (AvgIpc) is 3.41. The number of esters is 1. The van der Waals surface area contributed by atoms with Crippen LogP contribution in [0.2, 0.25) is 0 Å². The van der Waals surface area contributed by atoms with Crippen molar-refractivity contribution in [3.63, 3.8) is 0 Å². The number of Topliss-reactive ketones (excluding diaryl/α,β-unsaturated/α-hetero) is 1. The summed E-state index contributed by atoms with van der Waals surface area (Å²) in [6.07, 6.45) is 8.90. The normalized spacial score (nSPS) is 48.6. The van der Waals surface area contributed by atoms with E-state index in [2.05, 4.69) is 27.7 Å². The molecule has 6 nitrogen and oxygen atoms in total. The first-order valence-corrected chi connectivity index (χ1v) is 16.3. The largest absolute Gasteiger partial charge is 0.496 e. The molecule has 12 atom stereocenters. The Morgan fingerprint density at radius 3 is 2.56 bits per heavy atom. The molecule has 1 spiro atoms. The lowest BCUT2D eigenvalue weighted by Gasteiger charge is -2.60. The number of fused-ring (bicyclic) bond motifs is 7. The fraction of sp³-hybridized carbons (Fsp3) is 0.771. The van der Waals surface area contributed by atoms with E-state index in [1.807, 2.05) is 12.1 Å². The molecule has 41 heavy (non-hydrogen) atoms. The summed E-state index contributed by atoms with van der Waals surface area (Å²) in [5.74, 6) is 3.16. The van der Waals surface area contributed by atoms with Crippen LogP contribution in [0.4, 0.5) is 0 Å². The lowest BCUT2D eigenvalue weighted by atomic mass is 9.44. The van der Waals surface area contributed by atoms with E-state index in [4.69, 9.17) is 18.9 Å². The van der Waals surface area contributed by atoms with Gasteiger partial charge in [0.15, 0.2) is 5.79 Å². The van der Waals surface area contributed by atoms with Gasteiger partial charge in [0.05, 0.1) is 19.8 Å². The van der Waals surface area contributed by atoms with Crippen molar-refractivity contribution < 1.29 is 28.5 Å². The van der Waals surface area contributed by atoms with Crippen molar-refractivity contribution in [1.82, 2.24) is 0 Å². The highest BCUT2D eigenvalue weighted by Gasteiger charge is 2.71. The molecule has 2 heterocycles. The van der Waals surface area contributed by atoms with Gasteiger partial charge < -0.3 is 18.9 Å². The van der Waals surface area contributed by atoms with Crippen LogP contribution in [0.5, 0.6) is 5.75 Å². The van der Waals surface area contributed by atoms with E-state index in [9.17, 15) is 9.59 Å². The third kappa shape index (κ3) is 4.02. The highest BCUT2D eigenvalue weighted by atomic mass is 16.7. The van der Waals surface area contributed by atoms with E-state index in [1.165, 1.54) is 6.42 Å². The minimum absolute atomic E-state index is 0.0823. The van der Waals surface area contributed by atoms with Gasteiger partial charge in [-0.3, -0.25) is 4.79 Å². The Hall–Kier alpha value is -1.92. The number of rotatable bonds is 3. The first-order chi connectivity index (χ1) is 19.6. The smallest absolute Gasteiger partial charge is 0.342 e. The van der Waals surface area contributed by atoms with Crippen LogP contribution in [0.15, 0.2) is 24.3 Å². The highest BCUT2D eigenvalue weighted by Crippen LogP contribution is 2.70. The fourth-order valence-corrected chi connectivity index (χ4v) is 11.0. The van der Waals surface area contributed by atoms with Gasteiger partial charge in [-0.15, -0.1) is 0 Å². The Kier molecular flexibility index (Phi) is 6.67. The number of ether oxygens (including phenoxy) is 4. The molecule has 1 aromatic rings. The molecule has 4 aliphatic carbocycles. The molecule has 0 unspecified atom stereocenters. The van der Waals surface area contributed by atoms with Gasteiger partial charge in [-0.1, -0.05) is 39.8 Å². The number of hydrogen-bond donors (Lipinski definition) is 0. The Morgan fingerprint density at radius 1 is 1.00 bits per heavy atom. The van der Waals surface area contributed by atoms with Crippen LogP contribution in [-0.4, -0.2) is 43.5 Å². The number of para-hydroxylation sites is 1. The van der Waals surface area contributed by atoms with E-state index < -0.39 is 5.79 Å². The molecule has 0 amide bonds. The van der Waals surface area contributed by atoms with E-state index in [-0.39, 0.29) is 40.8 Å². The summed E-state index contributed by atoms with van der Waals surface area (Å²) in [6.45, 7) is 10.1. The average molecular weight is 565 g/mol. The van der Waals surface area contributed by atoms with Crippen LogP contribution in [0.3, 0.4) is 0 Å². The van der Waals surface area contributed by atoms with Gasteiger partial charge in [0.2, 0.25) is 0 Å². The Bertz CT molecular complexity index is 1200. The van der Waals surface area contributed by atoms with Crippen molar-refractivity contribution in [3.05, 3.63) is 29.8 Å². The molecule has 0 N–H and O–H groups in total. The minimum Gasteiger partial charge on any atom is -0.496 e. The van der Waals surface area contributed by atoms with E-state index in [0.717, 1.165) is 51.6 Å². The summed E-state index contributed by atoms with van der Waals surface area (Å²) in [4.78, 5) is 27.4. The maximum absolute atomic E-state index is 14.3. The second kappa shape index (κ2) is 9.80. The fourth-order valence-electron chi connectivity index (χ4n) is 11.0. The predicted molar refractivity (Wildman–Crippen MR) is 154 cm³/mol. The van der Waals surface area contributed by atoms with Crippen molar-refractivity contribution >= 4 is 11.8 Å². The number of methoxy groups -OCH3 is 1. The summed E-state index contributed by atoms with van der Waals surface area (Å²) >= 11 is 0. The van der Waals surface area contributed by atoms with Crippen LogP contribution in [0.1, 0.15) is 95.8 Å². The van der Waals surface area contributed by atoms with E-state index in [0.29, 0.717) is 53.1 Å². The van der Waals surface area contributed by atoms with Gasteiger partial charge in [-0.25, -0.2) is 4.79 Å². The molecule has 0 bridgehead atoms. The minimum atomic E-state index is -0.490. The maximum Gasteiger partial charge on any atom is 0.342 e. The molecule has 0 aromatic heterocycles. The summed E-state index contributed by atoms with van der Waals surface area (Å²) < 4.78 is 24.8. The van der Waals surface area contributed by atoms with Crippen LogP contribution in [-0.2, 0) is 19.0 Å². The van der Waals surface area contributed by atoms with Gasteiger partial charge in [0, 0.05) is 30.1 Å². The second-order valence-corrected chi connectivity index (χ2v) is 15.0. The third-order valence-corrected chi connectivity index (χ3v) is 13.4. The summed E-state index contributed by atoms with van der Waals surface area (Å²) in [7, 11) is 1.58.